The van der Waals surface area contributed by atoms with Crippen LogP contribution in [-0.2, 0) is 10.0 Å². The Kier molecular flexibility index (Phi) is 5.19. The second-order valence-corrected chi connectivity index (χ2v) is 8.09. The van der Waals surface area contributed by atoms with E-state index in [1.54, 1.807) is 30.5 Å². The summed E-state index contributed by atoms with van der Waals surface area (Å²) in [5.74, 6) is 0.146. The maximum absolute atomic E-state index is 12.2. The van der Waals surface area contributed by atoms with Crippen LogP contribution in [0.1, 0.15) is 23.0 Å². The molecule has 0 spiro atoms. The SMILES string of the molecule is C/C(=N\NC(=O)c1ccc(NS(=O)(=O)c2cccs2)cc1)c1ccco1. The van der Waals surface area contributed by atoms with Gasteiger partial charge in [0.25, 0.3) is 15.9 Å². The highest BCUT2D eigenvalue weighted by Gasteiger charge is 2.15. The molecule has 7 nitrogen and oxygen atoms in total. The predicted molar refractivity (Wildman–Crippen MR) is 100.0 cm³/mol. The number of hydrogen-bond acceptors (Lipinski definition) is 6. The summed E-state index contributed by atoms with van der Waals surface area (Å²) in [6.07, 6.45) is 1.52. The highest BCUT2D eigenvalue weighted by molar-refractivity contribution is 7.94. The summed E-state index contributed by atoms with van der Waals surface area (Å²) in [5.41, 5.74) is 3.67. The lowest BCUT2D eigenvalue weighted by atomic mass is 10.2. The molecule has 0 aliphatic heterocycles. The molecule has 1 aromatic carbocycles. The molecule has 2 aromatic heterocycles. The average Bonchev–Trinajstić information content (AvgIpc) is 3.33. The van der Waals surface area contributed by atoms with Gasteiger partial charge in [0.2, 0.25) is 0 Å². The Balaban J connectivity index is 1.66. The molecule has 9 heteroatoms. The summed E-state index contributed by atoms with van der Waals surface area (Å²) in [7, 11) is -3.61. The summed E-state index contributed by atoms with van der Waals surface area (Å²) in [5, 5.41) is 5.66. The van der Waals surface area contributed by atoms with E-state index in [0.717, 1.165) is 11.3 Å². The monoisotopic (exact) mass is 389 g/mol. The van der Waals surface area contributed by atoms with Crippen LogP contribution in [0.3, 0.4) is 0 Å². The van der Waals surface area contributed by atoms with E-state index in [0.29, 0.717) is 22.7 Å². The summed E-state index contributed by atoms with van der Waals surface area (Å²) in [6.45, 7) is 1.71. The van der Waals surface area contributed by atoms with E-state index >= 15 is 0 Å². The molecular weight excluding hydrogens is 374 g/mol. The number of anilines is 1. The molecule has 0 atom stereocenters. The quantitative estimate of drug-likeness (QED) is 0.499. The number of thiophene rings is 1. The Labute approximate surface area is 154 Å². The molecule has 2 heterocycles. The largest absolute Gasteiger partial charge is 0.463 e. The number of carbonyl (C=O) groups is 1. The van der Waals surface area contributed by atoms with Crippen molar-refractivity contribution in [2.75, 3.05) is 4.72 Å². The van der Waals surface area contributed by atoms with Crippen molar-refractivity contribution in [3.8, 4) is 0 Å². The zero-order valence-electron chi connectivity index (χ0n) is 13.7. The van der Waals surface area contributed by atoms with Crippen LogP contribution in [0.15, 0.2) is 73.9 Å². The molecule has 134 valence electrons. The fourth-order valence-corrected chi connectivity index (χ4v) is 4.10. The minimum Gasteiger partial charge on any atom is -0.463 e. The van der Waals surface area contributed by atoms with E-state index in [-0.39, 0.29) is 4.21 Å². The second kappa shape index (κ2) is 7.54. The van der Waals surface area contributed by atoms with E-state index in [4.69, 9.17) is 4.42 Å². The maximum Gasteiger partial charge on any atom is 0.271 e. The van der Waals surface area contributed by atoms with Crippen LogP contribution >= 0.6 is 11.3 Å². The summed E-state index contributed by atoms with van der Waals surface area (Å²) >= 11 is 1.13. The smallest absolute Gasteiger partial charge is 0.271 e. The fraction of sp³-hybridized carbons (Fsp3) is 0.0588. The normalized spacial score (nSPS) is 12.0. The van der Waals surface area contributed by atoms with Crippen LogP contribution in [0.2, 0.25) is 0 Å². The molecule has 0 unspecified atom stereocenters. The first kappa shape index (κ1) is 17.9. The van der Waals surface area contributed by atoms with E-state index in [1.165, 1.54) is 36.6 Å². The van der Waals surface area contributed by atoms with Gasteiger partial charge >= 0.3 is 0 Å². The van der Waals surface area contributed by atoms with E-state index in [1.807, 2.05) is 0 Å². The van der Waals surface area contributed by atoms with Crippen molar-refractivity contribution in [3.05, 3.63) is 71.5 Å². The number of nitrogens with zero attached hydrogens (tertiary/aromatic N) is 1. The number of hydrogen-bond donors (Lipinski definition) is 2. The molecule has 0 aliphatic carbocycles. The molecule has 0 radical (unpaired) electrons. The lowest BCUT2D eigenvalue weighted by Crippen LogP contribution is -2.19. The van der Waals surface area contributed by atoms with E-state index < -0.39 is 15.9 Å². The highest BCUT2D eigenvalue weighted by Crippen LogP contribution is 2.20. The molecule has 0 fully saturated rings. The van der Waals surface area contributed by atoms with Gasteiger partial charge in [-0.15, -0.1) is 11.3 Å². The van der Waals surface area contributed by atoms with Gasteiger partial charge in [0.1, 0.15) is 15.7 Å². The van der Waals surface area contributed by atoms with Crippen molar-refractivity contribution in [2.24, 2.45) is 5.10 Å². The summed E-state index contributed by atoms with van der Waals surface area (Å²) in [6, 6.07) is 12.7. The Morgan fingerprint density at radius 1 is 1.12 bits per heavy atom. The zero-order valence-corrected chi connectivity index (χ0v) is 15.3. The summed E-state index contributed by atoms with van der Waals surface area (Å²) < 4.78 is 32.2. The van der Waals surface area contributed by atoms with Gasteiger partial charge in [0.15, 0.2) is 0 Å². The van der Waals surface area contributed by atoms with Crippen molar-refractivity contribution >= 4 is 38.7 Å². The molecular formula is C17H15N3O4S2. The third-order valence-electron chi connectivity index (χ3n) is 3.36. The topological polar surface area (TPSA) is 101 Å². The van der Waals surface area contributed by atoms with Crippen LogP contribution in [0.4, 0.5) is 5.69 Å². The highest BCUT2D eigenvalue weighted by atomic mass is 32.2. The van der Waals surface area contributed by atoms with Crippen LogP contribution in [0.5, 0.6) is 0 Å². The number of benzene rings is 1. The van der Waals surface area contributed by atoms with Crippen molar-refractivity contribution < 1.29 is 17.6 Å². The first-order valence-corrected chi connectivity index (χ1v) is 9.87. The third kappa shape index (κ3) is 4.19. The van der Waals surface area contributed by atoms with Crippen LogP contribution in [0, 0.1) is 0 Å². The van der Waals surface area contributed by atoms with Crippen molar-refractivity contribution in [1.29, 1.82) is 0 Å². The van der Waals surface area contributed by atoms with Gasteiger partial charge in [-0.1, -0.05) is 6.07 Å². The Bertz CT molecular complexity index is 1010. The van der Waals surface area contributed by atoms with Gasteiger partial charge in [-0.05, 0) is 54.8 Å². The van der Waals surface area contributed by atoms with Gasteiger partial charge in [-0.2, -0.15) is 5.10 Å². The third-order valence-corrected chi connectivity index (χ3v) is 6.14. The molecule has 3 aromatic rings. The Morgan fingerprint density at radius 3 is 2.50 bits per heavy atom. The van der Waals surface area contributed by atoms with Gasteiger partial charge in [-0.25, -0.2) is 13.8 Å². The molecule has 1 amide bonds. The van der Waals surface area contributed by atoms with Crippen LogP contribution < -0.4 is 10.1 Å². The van der Waals surface area contributed by atoms with Crippen molar-refractivity contribution in [2.45, 2.75) is 11.1 Å². The lowest BCUT2D eigenvalue weighted by molar-refractivity contribution is 0.0955. The van der Waals surface area contributed by atoms with Gasteiger partial charge in [0, 0.05) is 11.3 Å². The average molecular weight is 389 g/mol. The van der Waals surface area contributed by atoms with Gasteiger partial charge in [-0.3, -0.25) is 9.52 Å². The number of carbonyl (C=O) groups excluding carboxylic acids is 1. The number of amides is 1. The number of furan rings is 1. The molecule has 0 bridgehead atoms. The van der Waals surface area contributed by atoms with Crippen molar-refractivity contribution in [1.82, 2.24) is 5.43 Å². The molecule has 2 N–H and O–H groups in total. The second-order valence-electron chi connectivity index (χ2n) is 5.23. The molecule has 0 aliphatic rings. The minimum atomic E-state index is -3.61. The van der Waals surface area contributed by atoms with Gasteiger partial charge in [0.05, 0.1) is 6.26 Å². The molecule has 3 rings (SSSR count). The lowest BCUT2D eigenvalue weighted by Gasteiger charge is -2.07. The minimum absolute atomic E-state index is 0.224. The Morgan fingerprint density at radius 2 is 1.88 bits per heavy atom. The maximum atomic E-state index is 12.2. The number of nitrogens with one attached hydrogen (secondary N) is 2. The number of hydrazone groups is 1. The van der Waals surface area contributed by atoms with Crippen molar-refractivity contribution in [3.63, 3.8) is 0 Å². The van der Waals surface area contributed by atoms with E-state index in [2.05, 4.69) is 15.2 Å². The number of sulfonamides is 1. The zero-order chi connectivity index (χ0) is 18.6. The molecule has 0 saturated heterocycles. The van der Waals surface area contributed by atoms with Gasteiger partial charge < -0.3 is 4.42 Å². The first-order valence-electron chi connectivity index (χ1n) is 7.50. The standard InChI is InChI=1S/C17H15N3O4S2/c1-12(15-4-2-10-24-15)18-19-17(21)13-6-8-14(9-7-13)20-26(22,23)16-5-3-11-25-16/h2-11,20H,1H3,(H,19,21)/b18-12+. The fourth-order valence-electron chi connectivity index (χ4n) is 2.05. The molecule has 26 heavy (non-hydrogen) atoms. The summed E-state index contributed by atoms with van der Waals surface area (Å²) in [4.78, 5) is 12.1. The van der Waals surface area contributed by atoms with Crippen LogP contribution in [0.25, 0.3) is 0 Å². The molecule has 0 saturated carbocycles. The Hall–Kier alpha value is -2.91. The number of rotatable bonds is 6. The predicted octanol–water partition coefficient (Wildman–Crippen LogP) is 3.30. The first-order chi connectivity index (χ1) is 12.5. The van der Waals surface area contributed by atoms with E-state index in [9.17, 15) is 13.2 Å². The van der Waals surface area contributed by atoms with Crippen LogP contribution in [-0.4, -0.2) is 20.0 Å².